The molecule has 98 valence electrons. The predicted molar refractivity (Wildman–Crippen MR) is 67.6 cm³/mol. The molecule has 3 N–H and O–H groups in total. The Labute approximate surface area is 111 Å². The summed E-state index contributed by atoms with van der Waals surface area (Å²) in [6.07, 6.45) is 3.89. The molecule has 19 heavy (non-hydrogen) atoms. The fourth-order valence-corrected chi connectivity index (χ4v) is 3.47. The van der Waals surface area contributed by atoms with Gasteiger partial charge in [-0.1, -0.05) is 0 Å². The Hall–Kier alpha value is -2.22. The number of carbonyl (C=O) groups excluding carboxylic acids is 1. The molecule has 7 nitrogen and oxygen atoms in total. The van der Waals surface area contributed by atoms with Gasteiger partial charge in [-0.05, 0) is 24.8 Å². The average molecular weight is 278 g/mol. The van der Waals surface area contributed by atoms with Crippen LogP contribution < -0.4 is 5.32 Å². The number of carboxylic acids is 1. The maximum atomic E-state index is 11.9. The van der Waals surface area contributed by atoms with Crippen molar-refractivity contribution in [1.82, 2.24) is 15.4 Å². The molecule has 2 aromatic heterocycles. The topological polar surface area (TPSA) is 108 Å². The molecule has 0 aromatic carbocycles. The first-order valence-electron chi connectivity index (χ1n) is 5.71. The third kappa shape index (κ3) is 1.99. The minimum absolute atomic E-state index is 0.130. The minimum atomic E-state index is -1.00. The molecule has 2 aromatic rings. The van der Waals surface area contributed by atoms with Crippen LogP contribution in [-0.2, 0) is 12.8 Å². The summed E-state index contributed by atoms with van der Waals surface area (Å²) in [5.41, 5.74) is 1.20. The highest BCUT2D eigenvalue weighted by Gasteiger charge is 2.27. The number of carboxylic acid groups (broad SMARTS) is 1. The zero-order valence-corrected chi connectivity index (χ0v) is 10.6. The van der Waals surface area contributed by atoms with Gasteiger partial charge in [-0.15, -0.1) is 11.3 Å². The van der Waals surface area contributed by atoms with Gasteiger partial charge in [0.2, 0.25) is 0 Å². The summed E-state index contributed by atoms with van der Waals surface area (Å²) < 4.78 is 0. The first-order valence-corrected chi connectivity index (χ1v) is 6.53. The molecule has 0 spiro atoms. The van der Waals surface area contributed by atoms with Gasteiger partial charge in [0.15, 0.2) is 5.69 Å². The number of nitrogens with one attached hydrogen (secondary N) is 2. The van der Waals surface area contributed by atoms with Crippen LogP contribution in [0.2, 0.25) is 0 Å². The lowest BCUT2D eigenvalue weighted by atomic mass is 10.1. The molecule has 1 amide bonds. The lowest BCUT2D eigenvalue weighted by molar-refractivity contribution is 0.0697. The van der Waals surface area contributed by atoms with Crippen LogP contribution in [0.15, 0.2) is 6.20 Å². The summed E-state index contributed by atoms with van der Waals surface area (Å²) in [7, 11) is 0. The van der Waals surface area contributed by atoms with Crippen LogP contribution >= 0.6 is 11.3 Å². The summed E-state index contributed by atoms with van der Waals surface area (Å²) in [6.45, 7) is 0. The molecule has 1 aliphatic rings. The van der Waals surface area contributed by atoms with Gasteiger partial charge in [0.1, 0.15) is 5.00 Å². The summed E-state index contributed by atoms with van der Waals surface area (Å²) in [5.74, 6) is -1.47. The average Bonchev–Trinajstić information content (AvgIpc) is 3.03. The molecule has 0 bridgehead atoms. The Morgan fingerprint density at radius 3 is 2.95 bits per heavy atom. The number of nitrogens with zero attached hydrogens (tertiary/aromatic N) is 2. The molecule has 0 fully saturated rings. The maximum Gasteiger partial charge on any atom is 0.339 e. The number of amides is 1. The van der Waals surface area contributed by atoms with Crippen molar-refractivity contribution < 1.29 is 14.7 Å². The van der Waals surface area contributed by atoms with Crippen molar-refractivity contribution in [3.05, 3.63) is 27.9 Å². The van der Waals surface area contributed by atoms with Crippen LogP contribution in [0.5, 0.6) is 0 Å². The molecular weight excluding hydrogens is 268 g/mol. The molecule has 2 heterocycles. The van der Waals surface area contributed by atoms with E-state index in [0.29, 0.717) is 5.00 Å². The van der Waals surface area contributed by atoms with Crippen LogP contribution in [-0.4, -0.2) is 32.4 Å². The van der Waals surface area contributed by atoms with Crippen LogP contribution in [0.1, 0.15) is 37.7 Å². The van der Waals surface area contributed by atoms with Crippen molar-refractivity contribution in [2.45, 2.75) is 19.3 Å². The molecule has 0 saturated heterocycles. The monoisotopic (exact) mass is 278 g/mol. The zero-order valence-electron chi connectivity index (χ0n) is 9.77. The standard InChI is InChI=1S/C11H10N4O3S/c16-9(6-4-12-15-14-6)13-10-8(11(17)18)5-2-1-3-7(5)19-10/h4H,1-3H2,(H,13,16)(H,17,18)(H,12,14,15). The lowest BCUT2D eigenvalue weighted by Crippen LogP contribution is -2.14. The second kappa shape index (κ2) is 4.47. The van der Waals surface area contributed by atoms with Crippen molar-refractivity contribution in [2.24, 2.45) is 0 Å². The normalized spacial score (nSPS) is 13.3. The molecule has 0 atom stereocenters. The Morgan fingerprint density at radius 2 is 2.26 bits per heavy atom. The second-order valence-corrected chi connectivity index (χ2v) is 5.28. The highest BCUT2D eigenvalue weighted by Crippen LogP contribution is 2.39. The van der Waals surface area contributed by atoms with Gasteiger partial charge < -0.3 is 10.4 Å². The minimum Gasteiger partial charge on any atom is -0.478 e. The summed E-state index contributed by atoms with van der Waals surface area (Å²) in [4.78, 5) is 24.2. The van der Waals surface area contributed by atoms with E-state index in [1.165, 1.54) is 17.5 Å². The van der Waals surface area contributed by atoms with E-state index in [1.807, 2.05) is 0 Å². The number of aromatic amines is 1. The molecule has 0 aliphatic heterocycles. The Balaban J connectivity index is 1.93. The SMILES string of the molecule is O=C(Nc1sc2c(c1C(=O)O)CCC2)c1cn[nH]n1. The number of hydrogen-bond acceptors (Lipinski definition) is 5. The number of aromatic carboxylic acids is 1. The molecule has 8 heteroatoms. The quantitative estimate of drug-likeness (QED) is 0.784. The van der Waals surface area contributed by atoms with Crippen molar-refractivity contribution in [3.8, 4) is 0 Å². The number of aromatic nitrogens is 3. The number of fused-ring (bicyclic) bond motifs is 1. The van der Waals surface area contributed by atoms with Gasteiger partial charge in [0, 0.05) is 4.88 Å². The smallest absolute Gasteiger partial charge is 0.339 e. The first-order chi connectivity index (χ1) is 9.16. The fourth-order valence-electron chi connectivity index (χ4n) is 2.20. The van der Waals surface area contributed by atoms with Crippen LogP contribution in [0.25, 0.3) is 0 Å². The Morgan fingerprint density at radius 1 is 1.42 bits per heavy atom. The highest BCUT2D eigenvalue weighted by molar-refractivity contribution is 7.17. The van der Waals surface area contributed by atoms with Gasteiger partial charge in [0.05, 0.1) is 11.8 Å². The fraction of sp³-hybridized carbons (Fsp3) is 0.273. The number of H-pyrrole nitrogens is 1. The number of thiophene rings is 1. The highest BCUT2D eigenvalue weighted by atomic mass is 32.1. The number of aryl methyl sites for hydroxylation is 1. The molecule has 1 aliphatic carbocycles. The van der Waals surface area contributed by atoms with E-state index < -0.39 is 11.9 Å². The number of anilines is 1. The van der Waals surface area contributed by atoms with E-state index in [-0.39, 0.29) is 11.3 Å². The summed E-state index contributed by atoms with van der Waals surface area (Å²) >= 11 is 1.33. The molecular formula is C11H10N4O3S. The molecule has 0 unspecified atom stereocenters. The van der Waals surface area contributed by atoms with Crippen molar-refractivity contribution in [1.29, 1.82) is 0 Å². The zero-order chi connectivity index (χ0) is 13.4. The number of rotatable bonds is 3. The van der Waals surface area contributed by atoms with Crippen molar-refractivity contribution in [2.75, 3.05) is 5.32 Å². The Kier molecular flexibility index (Phi) is 2.79. The van der Waals surface area contributed by atoms with E-state index in [2.05, 4.69) is 20.7 Å². The van der Waals surface area contributed by atoms with Gasteiger partial charge >= 0.3 is 5.97 Å². The number of hydrogen-bond donors (Lipinski definition) is 3. The van der Waals surface area contributed by atoms with Gasteiger partial charge in [-0.2, -0.15) is 15.4 Å². The third-order valence-corrected chi connectivity index (χ3v) is 4.22. The largest absolute Gasteiger partial charge is 0.478 e. The van der Waals surface area contributed by atoms with Gasteiger partial charge in [-0.3, -0.25) is 4.79 Å². The van der Waals surface area contributed by atoms with E-state index >= 15 is 0 Å². The van der Waals surface area contributed by atoms with Crippen molar-refractivity contribution in [3.63, 3.8) is 0 Å². The second-order valence-electron chi connectivity index (χ2n) is 4.18. The summed E-state index contributed by atoms with van der Waals surface area (Å²) in [6, 6.07) is 0. The molecule has 0 saturated carbocycles. The van der Waals surface area contributed by atoms with E-state index in [9.17, 15) is 14.7 Å². The summed E-state index contributed by atoms with van der Waals surface area (Å²) in [5, 5.41) is 21.8. The van der Waals surface area contributed by atoms with Crippen molar-refractivity contribution >= 4 is 28.2 Å². The molecule has 3 rings (SSSR count). The Bertz CT molecular complexity index is 647. The van der Waals surface area contributed by atoms with Gasteiger partial charge in [-0.25, -0.2) is 4.79 Å². The predicted octanol–water partition coefficient (Wildman–Crippen LogP) is 1.31. The number of carbonyl (C=O) groups is 2. The lowest BCUT2D eigenvalue weighted by Gasteiger charge is -2.03. The van der Waals surface area contributed by atoms with Crippen LogP contribution in [0, 0.1) is 0 Å². The van der Waals surface area contributed by atoms with Crippen LogP contribution in [0.3, 0.4) is 0 Å². The maximum absolute atomic E-state index is 11.9. The van der Waals surface area contributed by atoms with Gasteiger partial charge in [0.25, 0.3) is 5.91 Å². The first kappa shape index (κ1) is 11.8. The van der Waals surface area contributed by atoms with E-state index in [0.717, 1.165) is 29.7 Å². The van der Waals surface area contributed by atoms with E-state index in [4.69, 9.17) is 0 Å². The van der Waals surface area contributed by atoms with Crippen LogP contribution in [0.4, 0.5) is 5.00 Å². The van der Waals surface area contributed by atoms with E-state index in [1.54, 1.807) is 0 Å². The third-order valence-electron chi connectivity index (χ3n) is 3.01. The molecule has 0 radical (unpaired) electrons.